The summed E-state index contributed by atoms with van der Waals surface area (Å²) < 4.78 is 0. The third-order valence-electron chi connectivity index (χ3n) is 4.86. The fourth-order valence-electron chi connectivity index (χ4n) is 2.87. The summed E-state index contributed by atoms with van der Waals surface area (Å²) in [6.45, 7) is 7.17. The largest absolute Gasteiger partial charge is 0.481 e. The lowest BCUT2D eigenvalue weighted by atomic mass is 9.96. The smallest absolute Gasteiger partial charge is 0.326 e. The molecule has 33 heavy (non-hydrogen) atoms. The molecule has 0 aliphatic carbocycles. The highest BCUT2D eigenvalue weighted by Gasteiger charge is 2.34. The number of nitrogens with one attached hydrogen (secondary N) is 3. The van der Waals surface area contributed by atoms with E-state index in [1.165, 1.54) is 0 Å². The first-order valence-corrected chi connectivity index (χ1v) is 10.5. The molecular formula is C20H34N4O9. The van der Waals surface area contributed by atoms with E-state index < -0.39 is 78.6 Å². The molecule has 0 spiro atoms. The number of hydrogen-bond acceptors (Lipinski definition) is 7. The van der Waals surface area contributed by atoms with E-state index in [4.69, 9.17) is 21.1 Å². The van der Waals surface area contributed by atoms with Gasteiger partial charge in [0.2, 0.25) is 17.7 Å². The molecule has 13 nitrogen and oxygen atoms in total. The quantitative estimate of drug-likeness (QED) is 0.151. The van der Waals surface area contributed by atoms with Gasteiger partial charge in [-0.05, 0) is 18.3 Å². The second-order valence-corrected chi connectivity index (χ2v) is 8.26. The third-order valence-corrected chi connectivity index (χ3v) is 4.86. The van der Waals surface area contributed by atoms with Gasteiger partial charge in [0.25, 0.3) is 0 Å². The number of aliphatic carboxylic acids is 3. The third kappa shape index (κ3) is 11.3. The number of carbonyl (C=O) groups excluding carboxylic acids is 3. The Morgan fingerprint density at radius 3 is 1.67 bits per heavy atom. The molecule has 0 saturated carbocycles. The zero-order valence-electron chi connectivity index (χ0n) is 19.2. The van der Waals surface area contributed by atoms with Crippen molar-refractivity contribution in [3.05, 3.63) is 0 Å². The van der Waals surface area contributed by atoms with Gasteiger partial charge in [-0.1, -0.05) is 34.1 Å². The lowest BCUT2D eigenvalue weighted by Gasteiger charge is -2.27. The van der Waals surface area contributed by atoms with E-state index in [0.29, 0.717) is 12.8 Å². The molecule has 8 N–H and O–H groups in total. The van der Waals surface area contributed by atoms with Gasteiger partial charge in [-0.25, -0.2) is 4.79 Å². The second-order valence-electron chi connectivity index (χ2n) is 8.26. The molecule has 0 aliphatic rings. The van der Waals surface area contributed by atoms with Crippen molar-refractivity contribution in [2.75, 3.05) is 0 Å². The van der Waals surface area contributed by atoms with E-state index in [1.54, 1.807) is 13.8 Å². The van der Waals surface area contributed by atoms with E-state index in [-0.39, 0.29) is 5.92 Å². The van der Waals surface area contributed by atoms with Crippen LogP contribution in [0.1, 0.15) is 53.4 Å². The Morgan fingerprint density at radius 1 is 0.758 bits per heavy atom. The van der Waals surface area contributed by atoms with Gasteiger partial charge in [0.15, 0.2) is 0 Å². The zero-order chi connectivity index (χ0) is 25.9. The number of rotatable bonds is 15. The van der Waals surface area contributed by atoms with Crippen LogP contribution < -0.4 is 21.7 Å². The summed E-state index contributed by atoms with van der Waals surface area (Å²) >= 11 is 0. The molecule has 0 heterocycles. The Morgan fingerprint density at radius 2 is 1.24 bits per heavy atom. The van der Waals surface area contributed by atoms with Crippen molar-refractivity contribution in [2.24, 2.45) is 17.6 Å². The van der Waals surface area contributed by atoms with E-state index in [0.717, 1.165) is 0 Å². The number of nitrogens with two attached hydrogens (primary N) is 1. The van der Waals surface area contributed by atoms with E-state index in [9.17, 15) is 28.8 Å². The molecule has 0 aromatic carbocycles. The molecule has 3 amide bonds. The highest BCUT2D eigenvalue weighted by molar-refractivity contribution is 5.96. The topological polar surface area (TPSA) is 225 Å². The second kappa shape index (κ2) is 14.0. The predicted molar refractivity (Wildman–Crippen MR) is 115 cm³/mol. The van der Waals surface area contributed by atoms with Gasteiger partial charge < -0.3 is 37.0 Å². The van der Waals surface area contributed by atoms with Crippen LogP contribution in [0.25, 0.3) is 0 Å². The van der Waals surface area contributed by atoms with Crippen molar-refractivity contribution in [2.45, 2.75) is 77.5 Å². The zero-order valence-corrected chi connectivity index (χ0v) is 19.2. The van der Waals surface area contributed by atoms with Crippen LogP contribution in [-0.4, -0.2) is 75.1 Å². The highest BCUT2D eigenvalue weighted by atomic mass is 16.4. The first-order chi connectivity index (χ1) is 15.2. The van der Waals surface area contributed by atoms with E-state index in [2.05, 4.69) is 10.6 Å². The number of hydrogen-bond donors (Lipinski definition) is 7. The molecule has 0 saturated heterocycles. The molecule has 0 fully saturated rings. The number of carboxylic acid groups (broad SMARTS) is 3. The van der Waals surface area contributed by atoms with Crippen molar-refractivity contribution >= 4 is 35.6 Å². The Balaban J connectivity index is 5.59. The molecule has 5 unspecified atom stereocenters. The number of carboxylic acids is 3. The number of carbonyl (C=O) groups is 6. The van der Waals surface area contributed by atoms with Crippen molar-refractivity contribution < 1.29 is 44.1 Å². The first kappa shape index (κ1) is 29.8. The Labute approximate surface area is 191 Å². The molecule has 0 rings (SSSR count). The molecule has 188 valence electrons. The fourth-order valence-corrected chi connectivity index (χ4v) is 2.87. The summed E-state index contributed by atoms with van der Waals surface area (Å²) in [5.41, 5.74) is 5.86. The van der Waals surface area contributed by atoms with Gasteiger partial charge in [0.05, 0.1) is 18.9 Å². The minimum absolute atomic E-state index is 0.123. The molecule has 0 aliphatic heterocycles. The van der Waals surface area contributed by atoms with Crippen LogP contribution >= 0.6 is 0 Å². The van der Waals surface area contributed by atoms with Crippen molar-refractivity contribution in [3.8, 4) is 0 Å². The van der Waals surface area contributed by atoms with Gasteiger partial charge in [-0.15, -0.1) is 0 Å². The van der Waals surface area contributed by atoms with Gasteiger partial charge in [-0.3, -0.25) is 24.0 Å². The van der Waals surface area contributed by atoms with Crippen LogP contribution in [0.3, 0.4) is 0 Å². The molecule has 13 heteroatoms. The Bertz CT molecular complexity index is 741. The van der Waals surface area contributed by atoms with Crippen molar-refractivity contribution in [3.63, 3.8) is 0 Å². The average Bonchev–Trinajstić information content (AvgIpc) is 2.68. The van der Waals surface area contributed by atoms with Crippen molar-refractivity contribution in [1.82, 2.24) is 16.0 Å². The van der Waals surface area contributed by atoms with Crippen LogP contribution in [0.2, 0.25) is 0 Å². The van der Waals surface area contributed by atoms with E-state index >= 15 is 0 Å². The SMILES string of the molecule is CCC(C)C(NC(=O)C(N)CC(C)C)C(=O)NC(CC(=O)O)C(=O)NC(CC(=O)O)C(=O)O. The Hall–Kier alpha value is -3.22. The summed E-state index contributed by atoms with van der Waals surface area (Å²) in [6.07, 6.45) is -1.03. The maximum atomic E-state index is 12.9. The first-order valence-electron chi connectivity index (χ1n) is 10.5. The molecule has 0 aromatic rings. The lowest BCUT2D eigenvalue weighted by Crippen LogP contribution is -2.59. The lowest BCUT2D eigenvalue weighted by molar-refractivity contribution is -0.148. The van der Waals surface area contributed by atoms with Gasteiger partial charge in [0.1, 0.15) is 18.1 Å². The normalized spacial score (nSPS) is 15.5. The molecule has 0 radical (unpaired) electrons. The van der Waals surface area contributed by atoms with Crippen LogP contribution in [0.5, 0.6) is 0 Å². The predicted octanol–water partition coefficient (Wildman–Crippen LogP) is -1.11. The van der Waals surface area contributed by atoms with Crippen LogP contribution in [0, 0.1) is 11.8 Å². The Kier molecular flexibility index (Phi) is 12.7. The van der Waals surface area contributed by atoms with Gasteiger partial charge >= 0.3 is 17.9 Å². The minimum Gasteiger partial charge on any atom is -0.481 e. The summed E-state index contributed by atoms with van der Waals surface area (Å²) in [6, 6.07) is -5.56. The van der Waals surface area contributed by atoms with Crippen LogP contribution in [0.15, 0.2) is 0 Å². The summed E-state index contributed by atoms with van der Waals surface area (Å²) in [5, 5.41) is 33.6. The summed E-state index contributed by atoms with van der Waals surface area (Å²) in [4.78, 5) is 71.0. The highest BCUT2D eigenvalue weighted by Crippen LogP contribution is 2.11. The average molecular weight is 475 g/mol. The summed E-state index contributed by atoms with van der Waals surface area (Å²) in [5.74, 6) is -7.54. The molecular weight excluding hydrogens is 440 g/mol. The van der Waals surface area contributed by atoms with Gasteiger partial charge in [0, 0.05) is 0 Å². The maximum absolute atomic E-state index is 12.9. The molecule has 0 bridgehead atoms. The maximum Gasteiger partial charge on any atom is 0.326 e. The minimum atomic E-state index is -1.83. The van der Waals surface area contributed by atoms with Crippen LogP contribution in [-0.2, 0) is 28.8 Å². The fraction of sp³-hybridized carbons (Fsp3) is 0.700. The summed E-state index contributed by atoms with van der Waals surface area (Å²) in [7, 11) is 0. The van der Waals surface area contributed by atoms with Crippen molar-refractivity contribution in [1.29, 1.82) is 0 Å². The van der Waals surface area contributed by atoms with Crippen LogP contribution in [0.4, 0.5) is 0 Å². The van der Waals surface area contributed by atoms with E-state index in [1.807, 2.05) is 19.2 Å². The van der Waals surface area contributed by atoms with Gasteiger partial charge in [-0.2, -0.15) is 0 Å². The number of amides is 3. The standard InChI is InChI=1S/C20H34N4O9/c1-5-10(4)16(24-17(29)11(21)6-9(2)3)19(31)22-12(7-14(25)26)18(30)23-13(20(32)33)8-15(27)28/h9-13,16H,5-8,21H2,1-4H3,(H,22,31)(H,23,30)(H,24,29)(H,25,26)(H,27,28)(H,32,33). The monoisotopic (exact) mass is 474 g/mol. The molecule has 5 atom stereocenters. The molecule has 0 aromatic heterocycles.